The third-order valence-corrected chi connectivity index (χ3v) is 10.3. The van der Waals surface area contributed by atoms with Crippen LogP contribution in [0.2, 0.25) is 0 Å². The van der Waals surface area contributed by atoms with Crippen LogP contribution < -0.4 is 4.90 Å². The predicted molar refractivity (Wildman–Crippen MR) is 220 cm³/mol. The third kappa shape index (κ3) is 5.12. The Morgan fingerprint density at radius 2 is 0.904 bits per heavy atom. The summed E-state index contributed by atoms with van der Waals surface area (Å²) >= 11 is 0. The van der Waals surface area contributed by atoms with Crippen molar-refractivity contribution in [1.82, 2.24) is 0 Å². The van der Waals surface area contributed by atoms with Gasteiger partial charge < -0.3 is 9.32 Å². The van der Waals surface area contributed by atoms with Crippen LogP contribution in [0.3, 0.4) is 0 Å². The van der Waals surface area contributed by atoms with Crippen LogP contribution >= 0.6 is 0 Å². The molecule has 0 N–H and O–H groups in total. The molecule has 10 aromatic rings. The highest BCUT2D eigenvalue weighted by Gasteiger charge is 2.17. The van der Waals surface area contributed by atoms with Crippen LogP contribution in [0, 0.1) is 0 Å². The number of rotatable bonds is 6. The lowest BCUT2D eigenvalue weighted by molar-refractivity contribution is 0.673. The number of furan rings is 1. The smallest absolute Gasteiger partial charge is 0.143 e. The summed E-state index contributed by atoms with van der Waals surface area (Å²) in [5.74, 6) is 0. The van der Waals surface area contributed by atoms with E-state index in [9.17, 15) is 0 Å². The average molecular weight is 664 g/mol. The number of hydrogen-bond donors (Lipinski definition) is 0. The van der Waals surface area contributed by atoms with Crippen LogP contribution in [-0.4, -0.2) is 0 Å². The molecule has 9 aromatic carbocycles. The van der Waals surface area contributed by atoms with E-state index in [1.165, 1.54) is 38.4 Å². The molecule has 1 aromatic heterocycles. The fourth-order valence-electron chi connectivity index (χ4n) is 7.75. The fourth-order valence-corrected chi connectivity index (χ4v) is 7.75. The van der Waals surface area contributed by atoms with Gasteiger partial charge >= 0.3 is 0 Å². The molecule has 0 saturated carbocycles. The van der Waals surface area contributed by atoms with E-state index in [0.717, 1.165) is 55.5 Å². The van der Waals surface area contributed by atoms with Gasteiger partial charge in [-0.1, -0.05) is 152 Å². The Morgan fingerprint density at radius 1 is 0.327 bits per heavy atom. The van der Waals surface area contributed by atoms with E-state index in [0.29, 0.717) is 0 Å². The van der Waals surface area contributed by atoms with Gasteiger partial charge in [0, 0.05) is 33.2 Å². The maximum Gasteiger partial charge on any atom is 0.143 e. The maximum atomic E-state index is 6.51. The van der Waals surface area contributed by atoms with Gasteiger partial charge in [0.15, 0.2) is 0 Å². The van der Waals surface area contributed by atoms with E-state index < -0.39 is 0 Å². The second-order valence-electron chi connectivity index (χ2n) is 13.3. The molecule has 0 radical (unpaired) electrons. The highest BCUT2D eigenvalue weighted by atomic mass is 16.3. The summed E-state index contributed by atoms with van der Waals surface area (Å²) in [7, 11) is 0. The summed E-state index contributed by atoms with van der Waals surface area (Å²) < 4.78 is 6.51. The SMILES string of the molecule is c1ccc(-c2ccc(N(c3ccc(-c4cccc5oc6c7ccccc7ccc6c45)cc3)c3cccc(-c4cccc5ccccc45)c3)cc2)cc1. The lowest BCUT2D eigenvalue weighted by Gasteiger charge is -2.26. The van der Waals surface area contributed by atoms with Crippen LogP contribution in [0.1, 0.15) is 0 Å². The molecule has 0 saturated heterocycles. The standard InChI is InChI=1S/C50H33NO/c1-2-11-34(12-3-1)35-23-28-40(29-24-35)51(42-17-8-16-39(33-42)44-20-9-15-36-13-4-6-18-43(36)44)41-30-25-38(26-31-41)45-21-10-22-48-49(45)47-32-27-37-14-5-7-19-46(37)50(47)52-48/h1-33H. The third-order valence-electron chi connectivity index (χ3n) is 10.3. The van der Waals surface area contributed by atoms with E-state index in [1.807, 2.05) is 0 Å². The van der Waals surface area contributed by atoms with Gasteiger partial charge in [0.1, 0.15) is 11.2 Å². The van der Waals surface area contributed by atoms with Gasteiger partial charge in [-0.25, -0.2) is 0 Å². The molecular weight excluding hydrogens is 631 g/mol. The quantitative estimate of drug-likeness (QED) is 0.176. The molecule has 0 amide bonds. The van der Waals surface area contributed by atoms with Gasteiger partial charge in [-0.2, -0.15) is 0 Å². The molecule has 0 spiro atoms. The molecule has 0 unspecified atom stereocenters. The average Bonchev–Trinajstić information content (AvgIpc) is 3.62. The molecule has 2 nitrogen and oxygen atoms in total. The molecule has 10 rings (SSSR count). The Labute approximate surface area is 302 Å². The zero-order valence-electron chi connectivity index (χ0n) is 28.4. The Kier molecular flexibility index (Phi) is 7.18. The van der Waals surface area contributed by atoms with E-state index in [4.69, 9.17) is 4.42 Å². The second kappa shape index (κ2) is 12.5. The summed E-state index contributed by atoms with van der Waals surface area (Å²) in [6, 6.07) is 71.6. The molecule has 0 aliphatic carbocycles. The zero-order valence-corrected chi connectivity index (χ0v) is 28.4. The Bertz CT molecular complexity index is 2880. The van der Waals surface area contributed by atoms with E-state index in [-0.39, 0.29) is 0 Å². The molecule has 0 bridgehead atoms. The van der Waals surface area contributed by atoms with Crippen molar-refractivity contribution < 1.29 is 4.42 Å². The summed E-state index contributed by atoms with van der Waals surface area (Å²) in [5, 5.41) is 7.09. The zero-order chi connectivity index (χ0) is 34.4. The highest BCUT2D eigenvalue weighted by molar-refractivity contribution is 6.19. The predicted octanol–water partition coefficient (Wildman–Crippen LogP) is 14.4. The van der Waals surface area contributed by atoms with Crippen LogP contribution in [-0.2, 0) is 0 Å². The summed E-state index contributed by atoms with van der Waals surface area (Å²) in [4.78, 5) is 2.35. The number of nitrogens with zero attached hydrogens (tertiary/aromatic N) is 1. The molecule has 244 valence electrons. The Hall–Kier alpha value is -6.90. The monoisotopic (exact) mass is 663 g/mol. The van der Waals surface area contributed by atoms with Crippen molar-refractivity contribution in [2.75, 3.05) is 4.90 Å². The molecule has 1 heterocycles. The van der Waals surface area contributed by atoms with Crippen molar-refractivity contribution in [3.05, 3.63) is 200 Å². The molecular formula is C50H33NO. The largest absolute Gasteiger partial charge is 0.455 e. The van der Waals surface area contributed by atoms with Crippen LogP contribution in [0.4, 0.5) is 17.1 Å². The van der Waals surface area contributed by atoms with Gasteiger partial charge in [0.2, 0.25) is 0 Å². The van der Waals surface area contributed by atoms with Gasteiger partial charge in [0.05, 0.1) is 0 Å². The first kappa shape index (κ1) is 30.0. The van der Waals surface area contributed by atoms with Crippen molar-refractivity contribution in [2.45, 2.75) is 0 Å². The van der Waals surface area contributed by atoms with Crippen LogP contribution in [0.25, 0.3) is 76.9 Å². The van der Waals surface area contributed by atoms with Crippen molar-refractivity contribution in [3.63, 3.8) is 0 Å². The first-order chi connectivity index (χ1) is 25.8. The maximum absolute atomic E-state index is 6.51. The number of fused-ring (bicyclic) bond motifs is 6. The Balaban J connectivity index is 1.10. The van der Waals surface area contributed by atoms with Gasteiger partial charge in [-0.05, 0) is 98.1 Å². The number of anilines is 3. The highest BCUT2D eigenvalue weighted by Crippen LogP contribution is 2.42. The molecule has 0 aliphatic rings. The minimum absolute atomic E-state index is 0.901. The molecule has 52 heavy (non-hydrogen) atoms. The van der Waals surface area contributed by atoms with Crippen LogP contribution in [0.15, 0.2) is 205 Å². The van der Waals surface area contributed by atoms with Crippen LogP contribution in [0.5, 0.6) is 0 Å². The van der Waals surface area contributed by atoms with Gasteiger partial charge in [-0.15, -0.1) is 0 Å². The molecule has 0 atom stereocenters. The van der Waals surface area contributed by atoms with Crippen molar-refractivity contribution in [2.24, 2.45) is 0 Å². The topological polar surface area (TPSA) is 16.4 Å². The normalized spacial score (nSPS) is 11.5. The fraction of sp³-hybridized carbons (Fsp3) is 0. The summed E-state index contributed by atoms with van der Waals surface area (Å²) in [5.41, 5.74) is 12.2. The van der Waals surface area contributed by atoms with Gasteiger partial charge in [-0.3, -0.25) is 0 Å². The lowest BCUT2D eigenvalue weighted by atomic mass is 9.97. The minimum atomic E-state index is 0.901. The molecule has 0 aliphatic heterocycles. The van der Waals surface area contributed by atoms with Crippen molar-refractivity contribution in [3.8, 4) is 33.4 Å². The summed E-state index contributed by atoms with van der Waals surface area (Å²) in [6.45, 7) is 0. The van der Waals surface area contributed by atoms with E-state index in [2.05, 4.69) is 205 Å². The number of benzene rings is 9. The second-order valence-corrected chi connectivity index (χ2v) is 13.3. The first-order valence-corrected chi connectivity index (χ1v) is 17.8. The van der Waals surface area contributed by atoms with Crippen molar-refractivity contribution >= 4 is 60.5 Å². The first-order valence-electron chi connectivity index (χ1n) is 17.8. The lowest BCUT2D eigenvalue weighted by Crippen LogP contribution is -2.10. The summed E-state index contributed by atoms with van der Waals surface area (Å²) in [6.07, 6.45) is 0. The van der Waals surface area contributed by atoms with E-state index in [1.54, 1.807) is 0 Å². The number of hydrogen-bond acceptors (Lipinski definition) is 2. The Morgan fingerprint density at radius 3 is 1.69 bits per heavy atom. The van der Waals surface area contributed by atoms with Gasteiger partial charge in [0.25, 0.3) is 0 Å². The molecule has 0 fully saturated rings. The van der Waals surface area contributed by atoms with Crippen molar-refractivity contribution in [1.29, 1.82) is 0 Å². The molecule has 2 heteroatoms. The minimum Gasteiger partial charge on any atom is -0.455 e. The van der Waals surface area contributed by atoms with E-state index >= 15 is 0 Å².